The molecular weight excluding hydrogens is 338 g/mol. The van der Waals surface area contributed by atoms with E-state index in [0.29, 0.717) is 24.6 Å². The second-order valence-electron chi connectivity index (χ2n) is 6.41. The van der Waals surface area contributed by atoms with Crippen LogP contribution in [-0.2, 0) is 11.3 Å². The number of rotatable bonds is 8. The van der Waals surface area contributed by atoms with Crippen LogP contribution >= 0.6 is 0 Å². The summed E-state index contributed by atoms with van der Waals surface area (Å²) in [6.07, 6.45) is 0.846. The predicted octanol–water partition coefficient (Wildman–Crippen LogP) is 5.18. The molecule has 0 fully saturated rings. The molecule has 0 bridgehead atoms. The van der Waals surface area contributed by atoms with Gasteiger partial charge in [-0.15, -0.1) is 0 Å². The maximum absolute atomic E-state index is 10.5. The van der Waals surface area contributed by atoms with Crippen LogP contribution in [0.1, 0.15) is 16.7 Å². The molecule has 138 valence electrons. The smallest absolute Gasteiger partial charge is 0.170 e. The fraction of sp³-hybridized carbons (Fsp3) is 0.174. The Balaban J connectivity index is 1.86. The molecule has 0 atom stereocenters. The third kappa shape index (κ3) is 5.43. The molecular formula is C23H23NO3. The summed E-state index contributed by atoms with van der Waals surface area (Å²) >= 11 is 0. The number of benzene rings is 3. The molecule has 3 rings (SSSR count). The molecule has 0 aromatic heterocycles. The number of aryl methyl sites for hydroxylation is 2. The average Bonchev–Trinajstić information content (AvgIpc) is 2.67. The summed E-state index contributed by atoms with van der Waals surface area (Å²) in [5.41, 5.74) is 3.36. The normalized spacial score (nSPS) is 10.4. The molecule has 3 aromatic rings. The first-order valence-corrected chi connectivity index (χ1v) is 8.90. The Bertz CT molecular complexity index is 887. The molecule has 0 saturated heterocycles. The van der Waals surface area contributed by atoms with Crippen LogP contribution in [0.25, 0.3) is 0 Å². The number of aldehydes is 1. The lowest BCUT2D eigenvalue weighted by Gasteiger charge is -2.14. The average molecular weight is 361 g/mol. The van der Waals surface area contributed by atoms with Crippen LogP contribution in [0.5, 0.6) is 23.0 Å². The highest BCUT2D eigenvalue weighted by molar-refractivity contribution is 5.52. The minimum Gasteiger partial charge on any atom is -0.453 e. The van der Waals surface area contributed by atoms with Crippen LogP contribution in [0.3, 0.4) is 0 Å². The second-order valence-corrected chi connectivity index (χ2v) is 6.41. The van der Waals surface area contributed by atoms with E-state index in [0.717, 1.165) is 23.3 Å². The molecule has 0 spiro atoms. The van der Waals surface area contributed by atoms with Crippen molar-refractivity contribution in [1.82, 2.24) is 5.32 Å². The first kappa shape index (κ1) is 18.7. The highest BCUT2D eigenvalue weighted by Crippen LogP contribution is 2.35. The fourth-order valence-electron chi connectivity index (χ4n) is 2.57. The topological polar surface area (TPSA) is 47.6 Å². The van der Waals surface area contributed by atoms with Gasteiger partial charge in [-0.2, -0.15) is 0 Å². The van der Waals surface area contributed by atoms with Crippen molar-refractivity contribution in [2.75, 3.05) is 6.54 Å². The maximum atomic E-state index is 10.5. The molecule has 4 heteroatoms. The van der Waals surface area contributed by atoms with Gasteiger partial charge in [0.1, 0.15) is 17.8 Å². The molecule has 0 aliphatic carbocycles. The van der Waals surface area contributed by atoms with Crippen molar-refractivity contribution in [1.29, 1.82) is 0 Å². The number of hydrogen-bond donors (Lipinski definition) is 1. The number of carbonyl (C=O) groups excluding carboxylic acids is 1. The van der Waals surface area contributed by atoms with E-state index in [4.69, 9.17) is 9.47 Å². The first-order valence-electron chi connectivity index (χ1n) is 8.90. The zero-order valence-corrected chi connectivity index (χ0v) is 15.6. The van der Waals surface area contributed by atoms with E-state index in [2.05, 4.69) is 5.32 Å². The largest absolute Gasteiger partial charge is 0.453 e. The highest BCUT2D eigenvalue weighted by atomic mass is 16.5. The first-order chi connectivity index (χ1) is 13.1. The number of ether oxygens (including phenoxy) is 2. The van der Waals surface area contributed by atoms with Gasteiger partial charge < -0.3 is 19.6 Å². The van der Waals surface area contributed by atoms with Crippen LogP contribution in [0.15, 0.2) is 66.7 Å². The van der Waals surface area contributed by atoms with Crippen molar-refractivity contribution in [3.05, 3.63) is 83.4 Å². The number of hydrogen-bond acceptors (Lipinski definition) is 4. The second kappa shape index (κ2) is 9.01. The molecule has 0 aliphatic rings. The minimum absolute atomic E-state index is 0.315. The molecule has 0 aliphatic heterocycles. The van der Waals surface area contributed by atoms with Gasteiger partial charge in [0, 0.05) is 6.54 Å². The monoisotopic (exact) mass is 361 g/mol. The molecule has 0 amide bonds. The van der Waals surface area contributed by atoms with Gasteiger partial charge in [-0.1, -0.05) is 41.5 Å². The van der Waals surface area contributed by atoms with Gasteiger partial charge in [-0.3, -0.25) is 0 Å². The molecule has 0 saturated carbocycles. The van der Waals surface area contributed by atoms with E-state index in [9.17, 15) is 4.79 Å². The summed E-state index contributed by atoms with van der Waals surface area (Å²) < 4.78 is 12.1. The highest BCUT2D eigenvalue weighted by Gasteiger charge is 2.10. The van der Waals surface area contributed by atoms with Gasteiger partial charge in [0.15, 0.2) is 11.5 Å². The van der Waals surface area contributed by atoms with Crippen LogP contribution in [0.2, 0.25) is 0 Å². The SMILES string of the molecule is Cc1ccc(Oc2ccc(CNCC=O)cc2Oc2ccc(C)cc2)cc1. The Morgan fingerprint density at radius 1 is 0.778 bits per heavy atom. The van der Waals surface area contributed by atoms with E-state index in [1.165, 1.54) is 11.1 Å². The van der Waals surface area contributed by atoms with Gasteiger partial charge in [-0.05, 0) is 55.8 Å². The lowest BCUT2D eigenvalue weighted by molar-refractivity contribution is -0.107. The Morgan fingerprint density at radius 3 is 1.89 bits per heavy atom. The predicted molar refractivity (Wildman–Crippen MR) is 107 cm³/mol. The van der Waals surface area contributed by atoms with E-state index < -0.39 is 0 Å². The Kier molecular flexibility index (Phi) is 6.23. The van der Waals surface area contributed by atoms with Crippen LogP contribution < -0.4 is 14.8 Å². The Morgan fingerprint density at radius 2 is 1.33 bits per heavy atom. The number of nitrogens with one attached hydrogen (secondary N) is 1. The third-order valence-electron chi connectivity index (χ3n) is 4.06. The molecule has 3 aromatic carbocycles. The molecule has 1 N–H and O–H groups in total. The van der Waals surface area contributed by atoms with Crippen LogP contribution in [-0.4, -0.2) is 12.8 Å². The standard InChI is InChI=1S/C23H23NO3/c1-17-3-8-20(9-4-17)26-22-12-7-19(16-24-13-14-25)15-23(22)27-21-10-5-18(2)6-11-21/h3-12,14-15,24H,13,16H2,1-2H3. The van der Waals surface area contributed by atoms with E-state index in [1.54, 1.807) is 0 Å². The summed E-state index contributed by atoms with van der Waals surface area (Å²) in [5.74, 6) is 2.76. The van der Waals surface area contributed by atoms with Gasteiger partial charge in [0.05, 0.1) is 6.54 Å². The van der Waals surface area contributed by atoms with E-state index in [-0.39, 0.29) is 0 Å². The van der Waals surface area contributed by atoms with Crippen molar-refractivity contribution in [2.45, 2.75) is 20.4 Å². The third-order valence-corrected chi connectivity index (χ3v) is 4.06. The van der Waals surface area contributed by atoms with Crippen LogP contribution in [0, 0.1) is 13.8 Å². The molecule has 0 radical (unpaired) electrons. The van der Waals surface area contributed by atoms with Gasteiger partial charge in [0.2, 0.25) is 0 Å². The Labute approximate surface area is 159 Å². The van der Waals surface area contributed by atoms with Gasteiger partial charge in [0.25, 0.3) is 0 Å². The lowest BCUT2D eigenvalue weighted by Crippen LogP contribution is -2.15. The minimum atomic E-state index is 0.315. The summed E-state index contributed by atoms with van der Waals surface area (Å²) in [5, 5.41) is 3.06. The zero-order chi connectivity index (χ0) is 19.1. The molecule has 0 unspecified atom stereocenters. The van der Waals surface area contributed by atoms with Crippen molar-refractivity contribution in [2.24, 2.45) is 0 Å². The summed E-state index contributed by atoms with van der Waals surface area (Å²) in [4.78, 5) is 10.5. The summed E-state index contributed by atoms with van der Waals surface area (Å²) in [7, 11) is 0. The van der Waals surface area contributed by atoms with Crippen molar-refractivity contribution in [3.63, 3.8) is 0 Å². The summed E-state index contributed by atoms with van der Waals surface area (Å²) in [6.45, 7) is 4.97. The molecule has 27 heavy (non-hydrogen) atoms. The lowest BCUT2D eigenvalue weighted by atomic mass is 10.2. The Hall–Kier alpha value is -3.11. The van der Waals surface area contributed by atoms with Crippen molar-refractivity contribution in [3.8, 4) is 23.0 Å². The van der Waals surface area contributed by atoms with Crippen molar-refractivity contribution < 1.29 is 14.3 Å². The fourth-order valence-corrected chi connectivity index (χ4v) is 2.57. The molecule has 4 nitrogen and oxygen atoms in total. The van der Waals surface area contributed by atoms with Gasteiger partial charge in [-0.25, -0.2) is 0 Å². The van der Waals surface area contributed by atoms with Crippen molar-refractivity contribution >= 4 is 6.29 Å². The zero-order valence-electron chi connectivity index (χ0n) is 15.6. The summed E-state index contributed by atoms with van der Waals surface area (Å²) in [6, 6.07) is 21.5. The van der Waals surface area contributed by atoms with Gasteiger partial charge >= 0.3 is 0 Å². The quantitative estimate of drug-likeness (QED) is 0.444. The van der Waals surface area contributed by atoms with Crippen LogP contribution in [0.4, 0.5) is 0 Å². The number of carbonyl (C=O) groups is 1. The molecule has 0 heterocycles. The van der Waals surface area contributed by atoms with E-state index in [1.807, 2.05) is 80.6 Å². The maximum Gasteiger partial charge on any atom is 0.170 e. The van der Waals surface area contributed by atoms with E-state index >= 15 is 0 Å².